The highest BCUT2D eigenvalue weighted by Gasteiger charge is 2.14. The minimum absolute atomic E-state index is 0.165. The third-order valence-corrected chi connectivity index (χ3v) is 4.86. The lowest BCUT2D eigenvalue weighted by Crippen LogP contribution is -2.11. The molecule has 4 nitrogen and oxygen atoms in total. The van der Waals surface area contributed by atoms with Gasteiger partial charge in [0.2, 0.25) is 0 Å². The Hall–Kier alpha value is -2.92. The van der Waals surface area contributed by atoms with Crippen molar-refractivity contribution in [1.82, 2.24) is 15.0 Å². The van der Waals surface area contributed by atoms with E-state index in [1.165, 1.54) is 17.3 Å². The molecule has 0 atom stereocenters. The van der Waals surface area contributed by atoms with Crippen LogP contribution in [0.4, 0.5) is 0 Å². The molecule has 2 aromatic carbocycles. The van der Waals surface area contributed by atoms with E-state index < -0.39 is 0 Å². The summed E-state index contributed by atoms with van der Waals surface area (Å²) in [6, 6.07) is 20.1. The number of hydrogen-bond donors (Lipinski definition) is 1. The van der Waals surface area contributed by atoms with Gasteiger partial charge in [-0.1, -0.05) is 71.9 Å². The number of H-pyrrole nitrogens is 1. The third-order valence-electron chi connectivity index (χ3n) is 4.28. The predicted molar refractivity (Wildman–Crippen MR) is 108 cm³/mol. The topological polar surface area (TPSA) is 58.6 Å². The van der Waals surface area contributed by atoms with Crippen LogP contribution in [0.15, 0.2) is 70.6 Å². The van der Waals surface area contributed by atoms with Crippen molar-refractivity contribution in [2.45, 2.75) is 12.1 Å². The summed E-state index contributed by atoms with van der Waals surface area (Å²) in [7, 11) is 0. The number of nitrogens with zero attached hydrogens (tertiary/aromatic N) is 2. The normalized spacial score (nSPS) is 11.0. The average Bonchev–Trinajstić information content (AvgIpc) is 2.68. The summed E-state index contributed by atoms with van der Waals surface area (Å²) in [6.07, 6.45) is 1.88. The Kier molecular flexibility index (Phi) is 4.31. The first-order valence-electron chi connectivity index (χ1n) is 8.27. The number of nitrogens with one attached hydrogen (secondary N) is 1. The maximum atomic E-state index is 12.7. The van der Waals surface area contributed by atoms with E-state index in [0.717, 1.165) is 22.4 Å². The van der Waals surface area contributed by atoms with Crippen LogP contribution in [0.5, 0.6) is 0 Å². The van der Waals surface area contributed by atoms with Crippen molar-refractivity contribution >= 4 is 22.8 Å². The van der Waals surface area contributed by atoms with Crippen LogP contribution in [-0.4, -0.2) is 21.2 Å². The van der Waals surface area contributed by atoms with E-state index in [-0.39, 0.29) is 5.56 Å². The summed E-state index contributed by atoms with van der Waals surface area (Å²) in [5.41, 5.74) is 5.10. The summed E-state index contributed by atoms with van der Waals surface area (Å²) in [6.45, 7) is 2.04. The molecule has 4 aromatic rings. The molecule has 0 bridgehead atoms. The Balaban J connectivity index is 2.07. The van der Waals surface area contributed by atoms with Crippen LogP contribution in [-0.2, 0) is 0 Å². The number of aromatic amines is 1. The molecule has 2 heterocycles. The SMILES string of the molecule is CSc1nc2nc(-c3ccccc3)cc(-c3ccc(C)cc3)c2c(=O)[nH]1. The number of hydrogen-bond acceptors (Lipinski definition) is 4. The molecule has 0 spiro atoms. The fourth-order valence-electron chi connectivity index (χ4n) is 2.93. The number of thioether (sulfide) groups is 1. The summed E-state index contributed by atoms with van der Waals surface area (Å²) in [4.78, 5) is 24.8. The molecule has 0 fully saturated rings. The second-order valence-corrected chi connectivity index (χ2v) is 6.86. The first-order valence-corrected chi connectivity index (χ1v) is 9.50. The monoisotopic (exact) mass is 359 g/mol. The van der Waals surface area contributed by atoms with Gasteiger partial charge in [-0.15, -0.1) is 0 Å². The van der Waals surface area contributed by atoms with Gasteiger partial charge in [0, 0.05) is 11.1 Å². The molecule has 0 saturated carbocycles. The molecule has 0 saturated heterocycles. The standard InChI is InChI=1S/C21H17N3OS/c1-13-8-10-14(11-9-13)16-12-17(15-6-4-3-5-7-15)22-19-18(16)20(25)24-21(23-19)26-2/h3-12H,1-2H3,(H,22,23,24,25). The van der Waals surface area contributed by atoms with Crippen LogP contribution in [0, 0.1) is 6.92 Å². The Morgan fingerprint density at radius 2 is 1.65 bits per heavy atom. The van der Waals surface area contributed by atoms with Crippen molar-refractivity contribution in [2.24, 2.45) is 0 Å². The van der Waals surface area contributed by atoms with Gasteiger partial charge in [-0.25, -0.2) is 9.97 Å². The van der Waals surface area contributed by atoms with Gasteiger partial charge < -0.3 is 4.98 Å². The minimum Gasteiger partial charge on any atom is -0.301 e. The van der Waals surface area contributed by atoms with Gasteiger partial charge >= 0.3 is 0 Å². The first-order chi connectivity index (χ1) is 12.7. The zero-order chi connectivity index (χ0) is 18.1. The number of aryl methyl sites for hydroxylation is 1. The molecular weight excluding hydrogens is 342 g/mol. The number of aromatic nitrogens is 3. The molecule has 0 aliphatic carbocycles. The smallest absolute Gasteiger partial charge is 0.261 e. The molecule has 2 aromatic heterocycles. The van der Waals surface area contributed by atoms with E-state index in [9.17, 15) is 4.79 Å². The molecule has 4 rings (SSSR count). The van der Waals surface area contributed by atoms with Gasteiger partial charge in [-0.05, 0) is 24.8 Å². The number of rotatable bonds is 3. The zero-order valence-corrected chi connectivity index (χ0v) is 15.3. The fourth-order valence-corrected chi connectivity index (χ4v) is 3.31. The van der Waals surface area contributed by atoms with Crippen molar-refractivity contribution in [3.05, 3.63) is 76.6 Å². The summed E-state index contributed by atoms with van der Waals surface area (Å²) < 4.78 is 0. The van der Waals surface area contributed by atoms with Crippen molar-refractivity contribution in [3.8, 4) is 22.4 Å². The average molecular weight is 359 g/mol. The predicted octanol–water partition coefficient (Wildman–Crippen LogP) is 4.68. The van der Waals surface area contributed by atoms with Crippen LogP contribution in [0.3, 0.4) is 0 Å². The van der Waals surface area contributed by atoms with Crippen molar-refractivity contribution in [1.29, 1.82) is 0 Å². The summed E-state index contributed by atoms with van der Waals surface area (Å²) in [5, 5.41) is 1.08. The van der Waals surface area contributed by atoms with E-state index in [0.29, 0.717) is 16.2 Å². The second-order valence-electron chi connectivity index (χ2n) is 6.06. The van der Waals surface area contributed by atoms with Gasteiger partial charge in [-0.2, -0.15) is 0 Å². The molecule has 0 aliphatic rings. The van der Waals surface area contributed by atoms with E-state index in [1.54, 1.807) is 0 Å². The fraction of sp³-hybridized carbons (Fsp3) is 0.0952. The first kappa shape index (κ1) is 16.5. The lowest BCUT2D eigenvalue weighted by Gasteiger charge is -2.10. The van der Waals surface area contributed by atoms with Crippen LogP contribution >= 0.6 is 11.8 Å². The molecule has 26 heavy (non-hydrogen) atoms. The Morgan fingerprint density at radius 1 is 0.923 bits per heavy atom. The van der Waals surface area contributed by atoms with E-state index >= 15 is 0 Å². The largest absolute Gasteiger partial charge is 0.301 e. The Bertz CT molecular complexity index is 1140. The Morgan fingerprint density at radius 3 is 2.35 bits per heavy atom. The Labute approximate surface area is 155 Å². The molecule has 0 unspecified atom stereocenters. The number of pyridine rings is 1. The minimum atomic E-state index is -0.165. The highest BCUT2D eigenvalue weighted by Crippen LogP contribution is 2.30. The molecule has 0 radical (unpaired) electrons. The van der Waals surface area contributed by atoms with Crippen LogP contribution < -0.4 is 5.56 Å². The summed E-state index contributed by atoms with van der Waals surface area (Å²) >= 11 is 1.40. The number of fused-ring (bicyclic) bond motifs is 1. The molecule has 0 amide bonds. The maximum absolute atomic E-state index is 12.7. The highest BCUT2D eigenvalue weighted by molar-refractivity contribution is 7.98. The van der Waals surface area contributed by atoms with E-state index in [4.69, 9.17) is 0 Å². The van der Waals surface area contributed by atoms with Gasteiger partial charge in [0.15, 0.2) is 10.8 Å². The molecule has 1 N–H and O–H groups in total. The van der Waals surface area contributed by atoms with Crippen molar-refractivity contribution in [2.75, 3.05) is 6.26 Å². The second kappa shape index (κ2) is 6.77. The quantitative estimate of drug-likeness (QED) is 0.426. The lowest BCUT2D eigenvalue weighted by molar-refractivity contribution is 0.965. The van der Waals surface area contributed by atoms with Gasteiger partial charge in [0.25, 0.3) is 5.56 Å². The molecular formula is C21H17N3OS. The zero-order valence-electron chi connectivity index (χ0n) is 14.5. The third kappa shape index (κ3) is 3.02. The van der Waals surface area contributed by atoms with Gasteiger partial charge in [-0.3, -0.25) is 4.79 Å². The van der Waals surface area contributed by atoms with Gasteiger partial charge in [0.1, 0.15) is 0 Å². The highest BCUT2D eigenvalue weighted by atomic mass is 32.2. The van der Waals surface area contributed by atoms with Crippen molar-refractivity contribution in [3.63, 3.8) is 0 Å². The van der Waals surface area contributed by atoms with Crippen LogP contribution in [0.2, 0.25) is 0 Å². The number of benzene rings is 2. The molecule has 0 aliphatic heterocycles. The molecule has 5 heteroatoms. The van der Waals surface area contributed by atoms with Crippen LogP contribution in [0.1, 0.15) is 5.56 Å². The van der Waals surface area contributed by atoms with E-state index in [2.05, 4.69) is 15.0 Å². The van der Waals surface area contributed by atoms with Crippen molar-refractivity contribution < 1.29 is 0 Å². The van der Waals surface area contributed by atoms with Gasteiger partial charge in [0.05, 0.1) is 11.1 Å². The van der Waals surface area contributed by atoms with E-state index in [1.807, 2.05) is 73.8 Å². The maximum Gasteiger partial charge on any atom is 0.261 e. The summed E-state index contributed by atoms with van der Waals surface area (Å²) in [5.74, 6) is 0. The van der Waals surface area contributed by atoms with Crippen LogP contribution in [0.25, 0.3) is 33.4 Å². The molecule has 128 valence electrons. The lowest BCUT2D eigenvalue weighted by atomic mass is 9.99.